The number of hydrogen-bond acceptors (Lipinski definition) is 4. The highest BCUT2D eigenvalue weighted by molar-refractivity contribution is 7.10. The maximum atomic E-state index is 13.1. The van der Waals surface area contributed by atoms with Crippen LogP contribution >= 0.6 is 11.3 Å². The van der Waals surface area contributed by atoms with Crippen LogP contribution in [-0.4, -0.2) is 16.7 Å². The molecule has 0 aliphatic heterocycles. The van der Waals surface area contributed by atoms with E-state index in [2.05, 4.69) is 0 Å². The zero-order chi connectivity index (χ0) is 17.9. The zero-order valence-electron chi connectivity index (χ0n) is 14.1. The first-order chi connectivity index (χ1) is 12.8. The van der Waals surface area contributed by atoms with E-state index in [0.29, 0.717) is 16.7 Å². The van der Waals surface area contributed by atoms with Crippen LogP contribution in [-0.2, 0) is 0 Å². The van der Waals surface area contributed by atoms with Gasteiger partial charge in [0.25, 0.3) is 5.56 Å². The molecule has 2 aromatic carbocycles. The predicted molar refractivity (Wildman–Crippen MR) is 107 cm³/mol. The van der Waals surface area contributed by atoms with Gasteiger partial charge in [-0.25, -0.2) is 4.98 Å². The molecule has 4 aromatic rings. The van der Waals surface area contributed by atoms with E-state index in [9.17, 15) is 4.79 Å². The van der Waals surface area contributed by atoms with Crippen LogP contribution in [0.5, 0.6) is 5.75 Å². The summed E-state index contributed by atoms with van der Waals surface area (Å²) < 4.78 is 6.85. The van der Waals surface area contributed by atoms with Crippen molar-refractivity contribution in [3.63, 3.8) is 0 Å². The summed E-state index contributed by atoms with van der Waals surface area (Å²) in [5.41, 5.74) is 1.35. The first-order valence-corrected chi connectivity index (χ1v) is 9.02. The number of fused-ring (bicyclic) bond motifs is 1. The summed E-state index contributed by atoms with van der Waals surface area (Å²) in [6.07, 6.45) is 3.85. The van der Waals surface area contributed by atoms with E-state index in [1.807, 2.05) is 72.1 Å². The van der Waals surface area contributed by atoms with Crippen LogP contribution in [0.1, 0.15) is 10.7 Å². The van der Waals surface area contributed by atoms with Gasteiger partial charge in [0.2, 0.25) is 0 Å². The van der Waals surface area contributed by atoms with Crippen molar-refractivity contribution in [2.24, 2.45) is 0 Å². The van der Waals surface area contributed by atoms with Crippen molar-refractivity contribution in [2.75, 3.05) is 7.11 Å². The molecule has 0 aliphatic rings. The van der Waals surface area contributed by atoms with Crippen LogP contribution in [0.4, 0.5) is 0 Å². The van der Waals surface area contributed by atoms with Gasteiger partial charge < -0.3 is 4.74 Å². The second-order valence-electron chi connectivity index (χ2n) is 5.67. The number of para-hydroxylation sites is 1. The largest absolute Gasteiger partial charge is 0.497 e. The van der Waals surface area contributed by atoms with Crippen molar-refractivity contribution in [2.45, 2.75) is 0 Å². The summed E-state index contributed by atoms with van der Waals surface area (Å²) >= 11 is 1.64. The Balaban J connectivity index is 1.94. The minimum absolute atomic E-state index is 0.0911. The normalized spacial score (nSPS) is 11.3. The van der Waals surface area contributed by atoms with Gasteiger partial charge in [0.05, 0.1) is 23.7 Å². The van der Waals surface area contributed by atoms with Crippen LogP contribution < -0.4 is 10.3 Å². The maximum absolute atomic E-state index is 13.1. The molecule has 4 rings (SSSR count). The molecule has 0 bridgehead atoms. The second-order valence-corrected chi connectivity index (χ2v) is 6.65. The van der Waals surface area contributed by atoms with Crippen LogP contribution in [0, 0.1) is 0 Å². The average Bonchev–Trinajstić information content (AvgIpc) is 3.20. The number of thiophene rings is 1. The third-order valence-electron chi connectivity index (χ3n) is 4.07. The number of nitrogens with zero attached hydrogens (tertiary/aromatic N) is 2. The smallest absolute Gasteiger partial charge is 0.266 e. The van der Waals surface area contributed by atoms with Gasteiger partial charge in [-0.3, -0.25) is 9.36 Å². The molecule has 2 aromatic heterocycles. The lowest BCUT2D eigenvalue weighted by molar-refractivity contribution is 0.414. The number of methoxy groups -OCH3 is 1. The standard InChI is InChI=1S/C21H16N2O2S/c1-25-16-10-8-15(9-11-16)23-20(13-12-17-5-4-14-26-17)22-19-7-3-2-6-18(19)21(23)24/h2-14H,1H3/b13-12+. The lowest BCUT2D eigenvalue weighted by atomic mass is 10.2. The van der Waals surface area contributed by atoms with E-state index in [0.717, 1.165) is 16.3 Å². The number of ether oxygens (including phenoxy) is 1. The highest BCUT2D eigenvalue weighted by atomic mass is 32.1. The van der Waals surface area contributed by atoms with Crippen molar-refractivity contribution < 1.29 is 4.74 Å². The fraction of sp³-hybridized carbons (Fsp3) is 0.0476. The molecule has 128 valence electrons. The maximum Gasteiger partial charge on any atom is 0.266 e. The Labute approximate surface area is 154 Å². The molecule has 5 heteroatoms. The minimum Gasteiger partial charge on any atom is -0.497 e. The molecule has 0 atom stereocenters. The molecule has 0 spiro atoms. The van der Waals surface area contributed by atoms with Crippen molar-refractivity contribution in [1.82, 2.24) is 9.55 Å². The van der Waals surface area contributed by atoms with Crippen LogP contribution in [0.2, 0.25) is 0 Å². The van der Waals surface area contributed by atoms with Crippen molar-refractivity contribution >= 4 is 34.4 Å². The fourth-order valence-corrected chi connectivity index (χ4v) is 3.40. The van der Waals surface area contributed by atoms with Crippen molar-refractivity contribution in [1.29, 1.82) is 0 Å². The number of aromatic nitrogens is 2. The third kappa shape index (κ3) is 3.05. The van der Waals surface area contributed by atoms with Gasteiger partial charge in [-0.15, -0.1) is 11.3 Å². The van der Waals surface area contributed by atoms with E-state index in [-0.39, 0.29) is 5.56 Å². The number of rotatable bonds is 4. The van der Waals surface area contributed by atoms with E-state index in [1.165, 1.54) is 0 Å². The minimum atomic E-state index is -0.0911. The Morgan fingerprint density at radius 2 is 1.81 bits per heavy atom. The average molecular weight is 360 g/mol. The third-order valence-corrected chi connectivity index (χ3v) is 4.91. The number of benzene rings is 2. The van der Waals surface area contributed by atoms with Gasteiger partial charge in [-0.2, -0.15) is 0 Å². The first kappa shape index (κ1) is 16.3. The van der Waals surface area contributed by atoms with Gasteiger partial charge in [0.15, 0.2) is 0 Å². The summed E-state index contributed by atoms with van der Waals surface area (Å²) in [4.78, 5) is 18.9. The lowest BCUT2D eigenvalue weighted by Gasteiger charge is -2.12. The zero-order valence-corrected chi connectivity index (χ0v) is 14.9. The van der Waals surface area contributed by atoms with Gasteiger partial charge in [-0.05, 0) is 60.0 Å². The Hall–Kier alpha value is -3.18. The molecule has 0 saturated carbocycles. The predicted octanol–water partition coefficient (Wildman–Crippen LogP) is 4.63. The summed E-state index contributed by atoms with van der Waals surface area (Å²) in [6, 6.07) is 18.8. The molecule has 0 fully saturated rings. The van der Waals surface area contributed by atoms with E-state index in [4.69, 9.17) is 9.72 Å². The van der Waals surface area contributed by atoms with Gasteiger partial charge in [0, 0.05) is 4.88 Å². The molecule has 26 heavy (non-hydrogen) atoms. The van der Waals surface area contributed by atoms with Crippen LogP contribution in [0.25, 0.3) is 28.7 Å². The van der Waals surface area contributed by atoms with E-state index in [1.54, 1.807) is 29.1 Å². The van der Waals surface area contributed by atoms with E-state index < -0.39 is 0 Å². The molecule has 0 radical (unpaired) electrons. The molecule has 4 nitrogen and oxygen atoms in total. The quantitative estimate of drug-likeness (QED) is 0.533. The van der Waals surface area contributed by atoms with Crippen molar-refractivity contribution in [3.8, 4) is 11.4 Å². The SMILES string of the molecule is COc1ccc(-n2c(/C=C/c3cccs3)nc3ccccc3c2=O)cc1. The van der Waals surface area contributed by atoms with Crippen LogP contribution in [0.15, 0.2) is 70.8 Å². The molecule has 0 amide bonds. The Kier molecular flexibility index (Phi) is 4.37. The molecule has 2 heterocycles. The lowest BCUT2D eigenvalue weighted by Crippen LogP contribution is -2.22. The monoisotopic (exact) mass is 360 g/mol. The topological polar surface area (TPSA) is 44.1 Å². The highest BCUT2D eigenvalue weighted by Crippen LogP contribution is 2.19. The Morgan fingerprint density at radius 3 is 2.54 bits per heavy atom. The number of hydrogen-bond donors (Lipinski definition) is 0. The Morgan fingerprint density at radius 1 is 1.00 bits per heavy atom. The van der Waals surface area contributed by atoms with Gasteiger partial charge in [0.1, 0.15) is 11.6 Å². The molecular formula is C21H16N2O2S. The van der Waals surface area contributed by atoms with Gasteiger partial charge in [-0.1, -0.05) is 18.2 Å². The molecular weight excluding hydrogens is 344 g/mol. The summed E-state index contributed by atoms with van der Waals surface area (Å²) in [7, 11) is 1.62. The molecule has 0 N–H and O–H groups in total. The summed E-state index contributed by atoms with van der Waals surface area (Å²) in [5, 5.41) is 2.61. The summed E-state index contributed by atoms with van der Waals surface area (Å²) in [5.74, 6) is 1.33. The van der Waals surface area contributed by atoms with Crippen LogP contribution in [0.3, 0.4) is 0 Å². The highest BCUT2D eigenvalue weighted by Gasteiger charge is 2.11. The van der Waals surface area contributed by atoms with Gasteiger partial charge >= 0.3 is 0 Å². The second kappa shape index (κ2) is 6.98. The fourth-order valence-electron chi connectivity index (χ4n) is 2.79. The first-order valence-electron chi connectivity index (χ1n) is 8.14. The Bertz CT molecular complexity index is 1130. The molecule has 0 aliphatic carbocycles. The summed E-state index contributed by atoms with van der Waals surface area (Å²) in [6.45, 7) is 0. The molecule has 0 unspecified atom stereocenters. The molecule has 0 saturated heterocycles. The van der Waals surface area contributed by atoms with E-state index >= 15 is 0 Å². The van der Waals surface area contributed by atoms with Crippen molar-refractivity contribution in [3.05, 3.63) is 87.1 Å².